The van der Waals surface area contributed by atoms with Crippen molar-refractivity contribution in [3.05, 3.63) is 60.2 Å². The summed E-state index contributed by atoms with van der Waals surface area (Å²) in [5, 5.41) is 0. The van der Waals surface area contributed by atoms with Gasteiger partial charge in [0.05, 0.1) is 0 Å². The number of carbonyl (C=O) groups excluding carboxylic acids is 1. The van der Waals surface area contributed by atoms with Crippen molar-refractivity contribution in [1.82, 2.24) is 0 Å². The molecule has 0 radical (unpaired) electrons. The second kappa shape index (κ2) is 7.96. The van der Waals surface area contributed by atoms with E-state index in [9.17, 15) is 4.79 Å². The van der Waals surface area contributed by atoms with Gasteiger partial charge in [0.25, 0.3) is 0 Å². The molecule has 17 heavy (non-hydrogen) atoms. The van der Waals surface area contributed by atoms with Crippen LogP contribution in [0.25, 0.3) is 11.1 Å². The molecule has 80 valence electrons. The van der Waals surface area contributed by atoms with E-state index in [0.717, 1.165) is 6.42 Å². The van der Waals surface area contributed by atoms with Gasteiger partial charge in [0.15, 0.2) is 0 Å². The van der Waals surface area contributed by atoms with Crippen LogP contribution in [-0.4, -0.2) is 6.29 Å². The molecule has 2 heteroatoms. The Labute approximate surface area is 145 Å². The number of aryl methyl sites for hydroxylation is 1. The van der Waals surface area contributed by atoms with Crippen molar-refractivity contribution in [1.29, 1.82) is 0 Å². The van der Waals surface area contributed by atoms with Crippen LogP contribution < -0.4 is 51.4 Å². The first-order valence-corrected chi connectivity index (χ1v) is 5.39. The van der Waals surface area contributed by atoms with E-state index >= 15 is 0 Å². The molecule has 2 aromatic rings. The van der Waals surface area contributed by atoms with E-state index in [4.69, 9.17) is 0 Å². The summed E-state index contributed by atoms with van der Waals surface area (Å²) in [4.78, 5) is 10.1. The molecule has 0 fully saturated rings. The Morgan fingerprint density at radius 2 is 1.41 bits per heavy atom. The van der Waals surface area contributed by atoms with Gasteiger partial charge in [-0.3, -0.25) is 6.29 Å². The molecule has 0 aliphatic carbocycles. The SMILES string of the molecule is O=[C-]CCc1ccc(-c2ccccc2)cc1.[K+]. The predicted molar refractivity (Wildman–Crippen MR) is 65.9 cm³/mol. The van der Waals surface area contributed by atoms with E-state index in [1.807, 2.05) is 24.5 Å². The van der Waals surface area contributed by atoms with Crippen molar-refractivity contribution in [3.8, 4) is 11.1 Å². The molecule has 2 aromatic carbocycles. The zero-order chi connectivity index (χ0) is 11.2. The molecule has 1 nitrogen and oxygen atoms in total. The molecule has 0 unspecified atom stereocenters. The minimum Gasteiger partial charge on any atom is -0.542 e. The summed E-state index contributed by atoms with van der Waals surface area (Å²) in [5.74, 6) is 0. The Hall–Kier alpha value is -0.254. The average Bonchev–Trinajstić information content (AvgIpc) is 2.38. The number of hydrogen-bond donors (Lipinski definition) is 0. The molecule has 0 aromatic heterocycles. The van der Waals surface area contributed by atoms with Crippen molar-refractivity contribution in [2.75, 3.05) is 0 Å². The zero-order valence-corrected chi connectivity index (χ0v) is 13.1. The van der Waals surface area contributed by atoms with Crippen molar-refractivity contribution >= 4 is 6.29 Å². The molecule has 2 rings (SSSR count). The maximum Gasteiger partial charge on any atom is 1.00 e. The molecular weight excluding hydrogens is 235 g/mol. The van der Waals surface area contributed by atoms with Gasteiger partial charge in [0.2, 0.25) is 0 Å². The molecule has 0 aliphatic heterocycles. The topological polar surface area (TPSA) is 17.1 Å². The van der Waals surface area contributed by atoms with Gasteiger partial charge < -0.3 is 4.79 Å². The molecule has 0 amide bonds. The monoisotopic (exact) mass is 248 g/mol. The summed E-state index contributed by atoms with van der Waals surface area (Å²) in [6.07, 6.45) is 3.17. The number of benzene rings is 2. The van der Waals surface area contributed by atoms with Gasteiger partial charge in [-0.25, -0.2) is 0 Å². The third-order valence-corrected chi connectivity index (χ3v) is 2.58. The Morgan fingerprint density at radius 3 is 2.00 bits per heavy atom. The van der Waals surface area contributed by atoms with Gasteiger partial charge in [-0.2, -0.15) is 0 Å². The van der Waals surface area contributed by atoms with Gasteiger partial charge in [-0.1, -0.05) is 66.6 Å². The quantitative estimate of drug-likeness (QED) is 0.565. The summed E-state index contributed by atoms with van der Waals surface area (Å²) in [5.41, 5.74) is 3.61. The van der Waals surface area contributed by atoms with Crippen molar-refractivity contribution in [3.63, 3.8) is 0 Å². The molecule has 0 aliphatic rings. The second-order valence-electron chi connectivity index (χ2n) is 3.71. The maximum atomic E-state index is 10.1. The molecule has 0 N–H and O–H groups in total. The van der Waals surface area contributed by atoms with Gasteiger partial charge in [0.1, 0.15) is 0 Å². The van der Waals surface area contributed by atoms with E-state index in [0.29, 0.717) is 6.42 Å². The van der Waals surface area contributed by atoms with Crippen LogP contribution in [-0.2, 0) is 11.2 Å². The summed E-state index contributed by atoms with van der Waals surface area (Å²) >= 11 is 0. The third-order valence-electron chi connectivity index (χ3n) is 2.58. The van der Waals surface area contributed by atoms with Crippen LogP contribution in [0.5, 0.6) is 0 Å². The summed E-state index contributed by atoms with van der Waals surface area (Å²) in [6, 6.07) is 18.6. The maximum absolute atomic E-state index is 10.1. The largest absolute Gasteiger partial charge is 1.00 e. The molecule has 0 saturated carbocycles. The van der Waals surface area contributed by atoms with E-state index < -0.39 is 0 Å². The predicted octanol–water partition coefficient (Wildman–Crippen LogP) is 0.400. The van der Waals surface area contributed by atoms with Gasteiger partial charge >= 0.3 is 51.4 Å². The Bertz CT molecular complexity index is 448. The van der Waals surface area contributed by atoms with Crippen molar-refractivity contribution in [2.45, 2.75) is 12.8 Å². The molecule has 0 atom stereocenters. The molecule has 0 spiro atoms. The van der Waals surface area contributed by atoms with E-state index in [1.165, 1.54) is 16.7 Å². The normalized spacial score (nSPS) is 9.41. The minimum atomic E-state index is 0. The summed E-state index contributed by atoms with van der Waals surface area (Å²) in [7, 11) is 0. The van der Waals surface area contributed by atoms with Gasteiger partial charge in [-0.05, 0) is 11.1 Å². The van der Waals surface area contributed by atoms with Crippen LogP contribution >= 0.6 is 0 Å². The summed E-state index contributed by atoms with van der Waals surface area (Å²) in [6.45, 7) is 0. The fourth-order valence-corrected chi connectivity index (χ4v) is 1.69. The third kappa shape index (κ3) is 4.49. The van der Waals surface area contributed by atoms with Crippen LogP contribution in [0, 0.1) is 0 Å². The van der Waals surface area contributed by atoms with Crippen LogP contribution in [0.1, 0.15) is 12.0 Å². The van der Waals surface area contributed by atoms with Crippen LogP contribution in [0.2, 0.25) is 0 Å². The standard InChI is InChI=1S/C15H13O.K/c16-12-4-5-13-8-10-15(11-9-13)14-6-2-1-3-7-14;/h1-3,6-11H,4-5H2;/q-1;+1. The second-order valence-corrected chi connectivity index (χ2v) is 3.71. The molecule has 0 bridgehead atoms. The Kier molecular flexibility index (Phi) is 6.93. The Balaban J connectivity index is 0.00000144. The minimum absolute atomic E-state index is 0. The molecular formula is C15H13KO. The van der Waals surface area contributed by atoms with Crippen molar-refractivity contribution < 1.29 is 56.2 Å². The van der Waals surface area contributed by atoms with Crippen molar-refractivity contribution in [2.24, 2.45) is 0 Å². The van der Waals surface area contributed by atoms with E-state index in [-0.39, 0.29) is 51.4 Å². The summed E-state index contributed by atoms with van der Waals surface area (Å²) < 4.78 is 0. The Morgan fingerprint density at radius 1 is 0.824 bits per heavy atom. The van der Waals surface area contributed by atoms with E-state index in [1.54, 1.807) is 0 Å². The number of rotatable bonds is 4. The van der Waals surface area contributed by atoms with Gasteiger partial charge in [-0.15, -0.1) is 6.42 Å². The molecule has 0 heterocycles. The van der Waals surface area contributed by atoms with Crippen LogP contribution in [0.3, 0.4) is 0 Å². The first-order valence-electron chi connectivity index (χ1n) is 5.39. The smallest absolute Gasteiger partial charge is 0.542 e. The fraction of sp³-hybridized carbons (Fsp3) is 0.133. The first kappa shape index (κ1) is 14.8. The zero-order valence-electron chi connectivity index (χ0n) is 10.0. The van der Waals surface area contributed by atoms with Gasteiger partial charge in [0, 0.05) is 0 Å². The van der Waals surface area contributed by atoms with Crippen LogP contribution in [0.4, 0.5) is 0 Å². The van der Waals surface area contributed by atoms with Crippen LogP contribution in [0.15, 0.2) is 54.6 Å². The fourth-order valence-electron chi connectivity index (χ4n) is 1.69. The first-order chi connectivity index (χ1) is 7.90. The number of hydrogen-bond acceptors (Lipinski definition) is 1. The average molecular weight is 248 g/mol. The van der Waals surface area contributed by atoms with E-state index in [2.05, 4.69) is 36.4 Å². The molecule has 0 saturated heterocycles.